The van der Waals surface area contributed by atoms with Gasteiger partial charge in [0, 0.05) is 5.56 Å². The monoisotopic (exact) mass is 177 g/mol. The molecule has 2 N–H and O–H groups in total. The summed E-state index contributed by atoms with van der Waals surface area (Å²) >= 11 is 0. The zero-order chi connectivity index (χ0) is 9.42. The Kier molecular flexibility index (Phi) is 2.00. The quantitative estimate of drug-likeness (QED) is 0.713. The van der Waals surface area contributed by atoms with Crippen molar-refractivity contribution < 1.29 is 4.74 Å². The minimum absolute atomic E-state index is 0.0636. The van der Waals surface area contributed by atoms with Gasteiger partial charge in [-0.1, -0.05) is 32.0 Å². The van der Waals surface area contributed by atoms with E-state index in [1.165, 1.54) is 5.56 Å². The molecule has 1 aromatic rings. The molecule has 2 heteroatoms. The molecule has 0 spiro atoms. The number of benzene rings is 1. The number of para-hydroxylation sites is 1. The first kappa shape index (κ1) is 8.57. The predicted octanol–water partition coefficient (Wildman–Crippen LogP) is 2.20. The number of rotatable bonds is 1. The molecule has 2 rings (SSSR count). The molecule has 0 saturated carbocycles. The minimum Gasteiger partial charge on any atom is -0.491 e. The highest BCUT2D eigenvalue weighted by atomic mass is 16.5. The van der Waals surface area contributed by atoms with Crippen LogP contribution in [0.5, 0.6) is 5.75 Å². The van der Waals surface area contributed by atoms with Gasteiger partial charge in [0.2, 0.25) is 0 Å². The second-order valence-corrected chi connectivity index (χ2v) is 3.84. The van der Waals surface area contributed by atoms with Gasteiger partial charge in [-0.15, -0.1) is 0 Å². The zero-order valence-electron chi connectivity index (χ0n) is 8.08. The smallest absolute Gasteiger partial charge is 0.127 e. The lowest BCUT2D eigenvalue weighted by atomic mass is 9.98. The summed E-state index contributed by atoms with van der Waals surface area (Å²) in [5, 5.41) is 0. The summed E-state index contributed by atoms with van der Waals surface area (Å²) in [4.78, 5) is 0. The third kappa shape index (κ3) is 1.31. The summed E-state index contributed by atoms with van der Waals surface area (Å²) in [5.74, 6) is 1.52. The van der Waals surface area contributed by atoms with Crippen LogP contribution in [0, 0.1) is 0 Å². The van der Waals surface area contributed by atoms with Gasteiger partial charge in [-0.25, -0.2) is 0 Å². The zero-order valence-corrected chi connectivity index (χ0v) is 8.08. The number of fused-ring (bicyclic) bond motifs is 1. The van der Waals surface area contributed by atoms with Crippen LogP contribution < -0.4 is 10.5 Å². The molecule has 0 aromatic heterocycles. The van der Waals surface area contributed by atoms with Crippen molar-refractivity contribution in [1.82, 2.24) is 0 Å². The summed E-state index contributed by atoms with van der Waals surface area (Å²) in [6, 6.07) is 6.29. The maximum atomic E-state index is 5.89. The Morgan fingerprint density at radius 1 is 1.46 bits per heavy atom. The molecule has 1 heterocycles. The van der Waals surface area contributed by atoms with Gasteiger partial charge in [-0.05, 0) is 11.5 Å². The standard InChI is InChI=1S/C11H15NO/c1-7(2)8-4-3-5-9-10(12)6-13-11(8)9/h3-5,7,10H,6,12H2,1-2H3/t10-/m0/s1. The second-order valence-electron chi connectivity index (χ2n) is 3.84. The molecule has 0 saturated heterocycles. The van der Waals surface area contributed by atoms with Crippen LogP contribution in [-0.2, 0) is 0 Å². The first-order valence-corrected chi connectivity index (χ1v) is 4.71. The van der Waals surface area contributed by atoms with E-state index in [2.05, 4.69) is 32.0 Å². The predicted molar refractivity (Wildman–Crippen MR) is 53.0 cm³/mol. The van der Waals surface area contributed by atoms with Gasteiger partial charge in [0.05, 0.1) is 6.04 Å². The summed E-state index contributed by atoms with van der Waals surface area (Å²) in [6.45, 7) is 4.96. The maximum absolute atomic E-state index is 5.89. The fraction of sp³-hybridized carbons (Fsp3) is 0.455. The lowest BCUT2D eigenvalue weighted by molar-refractivity contribution is 0.329. The van der Waals surface area contributed by atoms with Gasteiger partial charge in [0.15, 0.2) is 0 Å². The van der Waals surface area contributed by atoms with E-state index in [0.717, 1.165) is 11.3 Å². The average Bonchev–Trinajstić information content (AvgIpc) is 2.48. The Hall–Kier alpha value is -1.02. The van der Waals surface area contributed by atoms with E-state index in [9.17, 15) is 0 Å². The average molecular weight is 177 g/mol. The number of nitrogens with two attached hydrogens (primary N) is 1. The molecule has 1 aromatic carbocycles. The highest BCUT2D eigenvalue weighted by Crippen LogP contribution is 2.37. The van der Waals surface area contributed by atoms with Crippen LogP contribution in [0.15, 0.2) is 18.2 Å². The Bertz CT molecular complexity index is 320. The molecule has 2 nitrogen and oxygen atoms in total. The normalized spacial score (nSPS) is 20.2. The summed E-state index contributed by atoms with van der Waals surface area (Å²) in [6.07, 6.45) is 0. The van der Waals surface area contributed by atoms with E-state index in [4.69, 9.17) is 10.5 Å². The lowest BCUT2D eigenvalue weighted by Gasteiger charge is -2.10. The number of ether oxygens (including phenoxy) is 1. The number of hydrogen-bond donors (Lipinski definition) is 1. The largest absolute Gasteiger partial charge is 0.491 e. The number of hydrogen-bond acceptors (Lipinski definition) is 2. The molecule has 0 radical (unpaired) electrons. The molecule has 1 aliphatic heterocycles. The van der Waals surface area contributed by atoms with E-state index < -0.39 is 0 Å². The second kappa shape index (κ2) is 3.04. The summed E-state index contributed by atoms with van der Waals surface area (Å²) < 4.78 is 5.58. The first-order chi connectivity index (χ1) is 6.20. The van der Waals surface area contributed by atoms with Crippen LogP contribution in [0.2, 0.25) is 0 Å². The highest BCUT2D eigenvalue weighted by molar-refractivity contribution is 5.47. The van der Waals surface area contributed by atoms with Gasteiger partial charge >= 0.3 is 0 Å². The maximum Gasteiger partial charge on any atom is 0.127 e. The van der Waals surface area contributed by atoms with Crippen molar-refractivity contribution in [2.75, 3.05) is 6.61 Å². The van der Waals surface area contributed by atoms with E-state index in [0.29, 0.717) is 12.5 Å². The van der Waals surface area contributed by atoms with Crippen LogP contribution in [0.3, 0.4) is 0 Å². The molecular weight excluding hydrogens is 162 g/mol. The third-order valence-corrected chi connectivity index (χ3v) is 2.50. The van der Waals surface area contributed by atoms with Crippen molar-refractivity contribution in [1.29, 1.82) is 0 Å². The van der Waals surface area contributed by atoms with Crippen molar-refractivity contribution in [2.24, 2.45) is 5.73 Å². The van der Waals surface area contributed by atoms with Crippen LogP contribution in [0.1, 0.15) is 36.9 Å². The Morgan fingerprint density at radius 2 is 2.23 bits per heavy atom. The van der Waals surface area contributed by atoms with Gasteiger partial charge in [0.25, 0.3) is 0 Å². The van der Waals surface area contributed by atoms with Gasteiger partial charge in [0.1, 0.15) is 12.4 Å². The summed E-state index contributed by atoms with van der Waals surface area (Å²) in [5.41, 5.74) is 8.32. The third-order valence-electron chi connectivity index (χ3n) is 2.50. The van der Waals surface area contributed by atoms with Crippen LogP contribution >= 0.6 is 0 Å². The summed E-state index contributed by atoms with van der Waals surface area (Å²) in [7, 11) is 0. The van der Waals surface area contributed by atoms with Gasteiger partial charge < -0.3 is 10.5 Å². The van der Waals surface area contributed by atoms with Crippen molar-refractivity contribution in [3.8, 4) is 5.75 Å². The van der Waals surface area contributed by atoms with E-state index in [1.54, 1.807) is 0 Å². The van der Waals surface area contributed by atoms with Crippen molar-refractivity contribution in [3.63, 3.8) is 0 Å². The first-order valence-electron chi connectivity index (χ1n) is 4.71. The molecule has 0 aliphatic carbocycles. The van der Waals surface area contributed by atoms with Crippen molar-refractivity contribution in [2.45, 2.75) is 25.8 Å². The molecule has 1 atom stereocenters. The molecule has 0 amide bonds. The topological polar surface area (TPSA) is 35.2 Å². The Balaban J connectivity index is 2.51. The van der Waals surface area contributed by atoms with Crippen LogP contribution in [-0.4, -0.2) is 6.61 Å². The highest BCUT2D eigenvalue weighted by Gasteiger charge is 2.23. The van der Waals surface area contributed by atoms with Gasteiger partial charge in [-0.3, -0.25) is 0 Å². The van der Waals surface area contributed by atoms with Crippen LogP contribution in [0.25, 0.3) is 0 Å². The fourth-order valence-electron chi connectivity index (χ4n) is 1.75. The Morgan fingerprint density at radius 3 is 2.92 bits per heavy atom. The van der Waals surface area contributed by atoms with Crippen molar-refractivity contribution in [3.05, 3.63) is 29.3 Å². The van der Waals surface area contributed by atoms with E-state index >= 15 is 0 Å². The minimum atomic E-state index is 0.0636. The molecular formula is C11H15NO. The molecule has 1 aliphatic rings. The molecule has 13 heavy (non-hydrogen) atoms. The Labute approximate surface area is 78.7 Å². The SMILES string of the molecule is CC(C)c1cccc2c1OC[C@@H]2N. The molecule has 70 valence electrons. The van der Waals surface area contributed by atoms with Crippen LogP contribution in [0.4, 0.5) is 0 Å². The van der Waals surface area contributed by atoms with Gasteiger partial charge in [-0.2, -0.15) is 0 Å². The molecule has 0 unspecified atom stereocenters. The van der Waals surface area contributed by atoms with E-state index in [1.807, 2.05) is 0 Å². The van der Waals surface area contributed by atoms with Crippen molar-refractivity contribution >= 4 is 0 Å². The fourth-order valence-corrected chi connectivity index (χ4v) is 1.75. The van der Waals surface area contributed by atoms with E-state index in [-0.39, 0.29) is 6.04 Å². The lowest BCUT2D eigenvalue weighted by Crippen LogP contribution is -2.10. The molecule has 0 bridgehead atoms. The molecule has 0 fully saturated rings.